The third-order valence-corrected chi connectivity index (χ3v) is 21.3. The smallest absolute Gasteiger partial charge is 0.214 e. The lowest BCUT2D eigenvalue weighted by Gasteiger charge is -2.46. The van der Waals surface area contributed by atoms with E-state index in [2.05, 4.69) is 96.2 Å². The lowest BCUT2D eigenvalue weighted by Crippen LogP contribution is -2.43. The van der Waals surface area contributed by atoms with E-state index in [0.717, 1.165) is 46.7 Å². The second-order valence-corrected chi connectivity index (χ2v) is 22.1. The second-order valence-electron chi connectivity index (χ2n) is 11.8. The van der Waals surface area contributed by atoms with E-state index in [4.69, 9.17) is 0 Å². The van der Waals surface area contributed by atoms with Gasteiger partial charge in [0, 0.05) is 45.0 Å². The van der Waals surface area contributed by atoms with E-state index < -0.39 is 0 Å². The van der Waals surface area contributed by atoms with E-state index in [1.54, 1.807) is 0 Å². The topological polar surface area (TPSA) is 34.1 Å². The van der Waals surface area contributed by atoms with Crippen LogP contribution in [0.25, 0.3) is 0 Å². The lowest BCUT2D eigenvalue weighted by atomic mass is 9.77. The summed E-state index contributed by atoms with van der Waals surface area (Å²) in [7, 11) is 0. The first-order valence-electron chi connectivity index (χ1n) is 15.4. The highest BCUT2D eigenvalue weighted by molar-refractivity contribution is 8.23. The fourth-order valence-corrected chi connectivity index (χ4v) is 19.3. The highest BCUT2D eigenvalue weighted by Crippen LogP contribution is 2.59. The van der Waals surface area contributed by atoms with Crippen LogP contribution >= 0.6 is 94.1 Å². The molecule has 2 atom stereocenters. The van der Waals surface area contributed by atoms with Crippen LogP contribution in [-0.2, 0) is 9.59 Å². The van der Waals surface area contributed by atoms with E-state index in [1.807, 2.05) is 13.8 Å². The van der Waals surface area contributed by atoms with Gasteiger partial charge in [-0.1, -0.05) is 49.5 Å². The van der Waals surface area contributed by atoms with E-state index >= 15 is 0 Å². The van der Waals surface area contributed by atoms with Gasteiger partial charge in [-0.15, -0.1) is 47.0 Å². The largest absolute Gasteiger partial charge is 0.282 e. The summed E-state index contributed by atoms with van der Waals surface area (Å²) < 4.78 is 0.696. The molecule has 0 aromatic carbocycles. The molecule has 10 heteroatoms. The molecule has 2 saturated heterocycles. The molecule has 0 amide bonds. The summed E-state index contributed by atoms with van der Waals surface area (Å²) in [5.41, 5.74) is 1.34. The number of carbonyl (C=O) groups is 2. The number of hydrogen-bond donors (Lipinski definition) is 0. The molecular weight excluding hydrogens is 673 g/mol. The minimum Gasteiger partial charge on any atom is -0.282 e. The van der Waals surface area contributed by atoms with Gasteiger partial charge in [-0.25, -0.2) is 0 Å². The van der Waals surface area contributed by atoms with Crippen LogP contribution in [0.2, 0.25) is 0 Å². The Morgan fingerprint density at radius 3 is 1.29 bits per heavy atom. The summed E-state index contributed by atoms with van der Waals surface area (Å²) >= 11 is 16.2. The van der Waals surface area contributed by atoms with Crippen LogP contribution in [0.3, 0.4) is 0 Å². The van der Waals surface area contributed by atoms with Gasteiger partial charge >= 0.3 is 0 Å². The summed E-state index contributed by atoms with van der Waals surface area (Å²) in [6, 6.07) is 0. The molecule has 0 N–H and O–H groups in total. The Balaban J connectivity index is 1.54. The first kappa shape index (κ1) is 38.1. The number of carbonyl (C=O) groups excluding carboxylic acids is 2. The zero-order valence-corrected chi connectivity index (χ0v) is 32.7. The van der Waals surface area contributed by atoms with Crippen LogP contribution in [0, 0.1) is 11.8 Å². The monoisotopic (exact) mass is 724 g/mol. The van der Waals surface area contributed by atoms with Crippen molar-refractivity contribution in [2.75, 3.05) is 47.0 Å². The number of unbranched alkanes of at least 4 members (excludes halogenated alkanes) is 2. The fourth-order valence-electron chi connectivity index (χ4n) is 6.58. The van der Waals surface area contributed by atoms with Crippen LogP contribution in [0.5, 0.6) is 0 Å². The predicted molar refractivity (Wildman–Crippen MR) is 208 cm³/mol. The Labute approximate surface area is 291 Å². The summed E-state index contributed by atoms with van der Waals surface area (Å²) in [5.74, 6) is 8.61. The Morgan fingerprint density at radius 1 is 0.667 bits per heavy atom. The van der Waals surface area contributed by atoms with Gasteiger partial charge in [0.25, 0.3) is 0 Å². The SMILES string of the molecule is C=C(C)C(=O)SCCCCC1(C(SC)C2CCC(C(SC)C3(CCCCSC(=O)C(=C)C)SCCS3)CC2)SCCS1. The summed E-state index contributed by atoms with van der Waals surface area (Å²) in [6.45, 7) is 11.2. The van der Waals surface area contributed by atoms with Crippen molar-refractivity contribution >= 4 is 104 Å². The molecule has 2 heterocycles. The van der Waals surface area contributed by atoms with Crippen molar-refractivity contribution in [1.29, 1.82) is 0 Å². The maximum absolute atomic E-state index is 11.9. The zero-order chi connectivity index (χ0) is 30.6. The molecule has 0 bridgehead atoms. The van der Waals surface area contributed by atoms with Gasteiger partial charge in [-0.2, -0.15) is 23.5 Å². The van der Waals surface area contributed by atoms with Crippen molar-refractivity contribution in [3.05, 3.63) is 24.3 Å². The van der Waals surface area contributed by atoms with Crippen molar-refractivity contribution in [2.24, 2.45) is 11.8 Å². The van der Waals surface area contributed by atoms with Gasteiger partial charge in [-0.05, 0) is 101 Å². The van der Waals surface area contributed by atoms with Gasteiger partial charge in [0.05, 0.1) is 8.16 Å². The average Bonchev–Trinajstić information content (AvgIpc) is 3.65. The number of hydrogen-bond acceptors (Lipinski definition) is 10. The molecule has 0 spiro atoms. The van der Waals surface area contributed by atoms with Gasteiger partial charge in [0.1, 0.15) is 0 Å². The molecule has 2 aliphatic heterocycles. The van der Waals surface area contributed by atoms with Gasteiger partial charge in [-0.3, -0.25) is 9.59 Å². The third-order valence-electron chi connectivity index (χ3n) is 8.60. The minimum atomic E-state index is 0.155. The summed E-state index contributed by atoms with van der Waals surface area (Å²) in [5, 5.41) is 1.75. The lowest BCUT2D eigenvalue weighted by molar-refractivity contribution is -0.108. The molecule has 3 aliphatic rings. The van der Waals surface area contributed by atoms with Crippen LogP contribution < -0.4 is 0 Å². The van der Waals surface area contributed by atoms with Crippen molar-refractivity contribution in [3.8, 4) is 0 Å². The Bertz CT molecular complexity index is 817. The first-order chi connectivity index (χ1) is 20.2. The molecule has 1 saturated carbocycles. The highest BCUT2D eigenvalue weighted by Gasteiger charge is 2.49. The predicted octanol–water partition coefficient (Wildman–Crippen LogP) is 10.6. The first-order valence-corrected chi connectivity index (χ1v) is 23.9. The van der Waals surface area contributed by atoms with Gasteiger partial charge in [0.2, 0.25) is 10.2 Å². The molecule has 0 aromatic heterocycles. The molecule has 2 unspecified atom stereocenters. The highest BCUT2D eigenvalue weighted by atomic mass is 32.2. The Hall–Kier alpha value is 1.62. The van der Waals surface area contributed by atoms with Crippen LogP contribution in [0.1, 0.15) is 78.1 Å². The van der Waals surface area contributed by atoms with E-state index in [1.165, 1.54) is 97.9 Å². The van der Waals surface area contributed by atoms with Crippen LogP contribution in [-0.4, -0.2) is 75.9 Å². The van der Waals surface area contributed by atoms with Crippen molar-refractivity contribution in [2.45, 2.75) is 96.7 Å². The molecule has 1 aliphatic carbocycles. The average molecular weight is 725 g/mol. The summed E-state index contributed by atoms with van der Waals surface area (Å²) in [4.78, 5) is 23.9. The molecule has 0 radical (unpaired) electrons. The standard InChI is InChI=1S/C32H52O2S8/c1-23(2)29(33)37-17-9-7-15-31(39-19-20-40-31)27(35-5)25-11-13-26(14-12-25)28(36-6)32(41-21-22-42-32)16-8-10-18-38-30(34)24(3)4/h25-28H,1,3,7-22H2,2,4-6H3. The van der Waals surface area contributed by atoms with Crippen LogP contribution in [0.4, 0.5) is 0 Å². The van der Waals surface area contributed by atoms with E-state index in [0.29, 0.717) is 19.3 Å². The quantitative estimate of drug-likeness (QED) is 0.101. The molecule has 3 fully saturated rings. The Morgan fingerprint density at radius 2 is 1.00 bits per heavy atom. The second kappa shape index (κ2) is 19.4. The van der Waals surface area contributed by atoms with Crippen molar-refractivity contribution < 1.29 is 9.59 Å². The molecule has 3 rings (SSSR count). The van der Waals surface area contributed by atoms with E-state index in [9.17, 15) is 9.59 Å². The Kier molecular flexibility index (Phi) is 17.6. The van der Waals surface area contributed by atoms with Crippen molar-refractivity contribution in [3.63, 3.8) is 0 Å². The molecule has 0 aromatic rings. The fraction of sp³-hybridized carbons (Fsp3) is 0.812. The number of thioether (sulfide) groups is 8. The zero-order valence-electron chi connectivity index (χ0n) is 26.1. The molecular formula is C32H52O2S8. The molecule has 240 valence electrons. The molecule has 42 heavy (non-hydrogen) atoms. The van der Waals surface area contributed by atoms with Gasteiger partial charge in [0.15, 0.2) is 0 Å². The minimum absolute atomic E-state index is 0.155. The normalized spacial score (nSPS) is 24.8. The third kappa shape index (κ3) is 10.8. The van der Waals surface area contributed by atoms with Gasteiger partial charge < -0.3 is 0 Å². The van der Waals surface area contributed by atoms with Crippen LogP contribution in [0.15, 0.2) is 24.3 Å². The maximum atomic E-state index is 11.9. The molecule has 2 nitrogen and oxygen atoms in total. The maximum Gasteiger partial charge on any atom is 0.214 e. The van der Waals surface area contributed by atoms with Crippen molar-refractivity contribution in [1.82, 2.24) is 0 Å². The summed E-state index contributed by atoms with van der Waals surface area (Å²) in [6.07, 6.45) is 17.5. The number of rotatable bonds is 18. The van der Waals surface area contributed by atoms with E-state index in [-0.39, 0.29) is 10.2 Å².